The van der Waals surface area contributed by atoms with E-state index < -0.39 is 0 Å². The van der Waals surface area contributed by atoms with E-state index in [1.165, 1.54) is 30.4 Å². The maximum Gasteiger partial charge on any atom is 0.0702 e. The van der Waals surface area contributed by atoms with E-state index in [-0.39, 0.29) is 0 Å². The third kappa shape index (κ3) is 4.68. The quantitative estimate of drug-likeness (QED) is 0.506. The highest BCUT2D eigenvalue weighted by molar-refractivity contribution is 6.17. The second-order valence-corrected chi connectivity index (χ2v) is 5.15. The van der Waals surface area contributed by atoms with Crippen molar-refractivity contribution in [3.05, 3.63) is 54.2 Å². The summed E-state index contributed by atoms with van der Waals surface area (Å²) in [4.78, 5) is 4.40. The molecule has 0 aliphatic rings. The monoisotopic (exact) mass is 273 g/mol. The van der Waals surface area contributed by atoms with Crippen LogP contribution < -0.4 is 0 Å². The van der Waals surface area contributed by atoms with Gasteiger partial charge in [0.25, 0.3) is 0 Å². The lowest BCUT2D eigenvalue weighted by Crippen LogP contribution is -1.88. The van der Waals surface area contributed by atoms with Crippen molar-refractivity contribution in [2.75, 3.05) is 5.88 Å². The average Bonchev–Trinajstić information content (AvgIpc) is 2.48. The van der Waals surface area contributed by atoms with Crippen LogP contribution in [0.1, 0.15) is 31.2 Å². The van der Waals surface area contributed by atoms with Gasteiger partial charge in [0.2, 0.25) is 0 Å². The maximum absolute atomic E-state index is 5.68. The minimum Gasteiger partial charge on any atom is -0.256 e. The SMILES string of the molecule is ClCCCCCCc1cccc(-c2ccccn2)c1. The molecule has 0 bridgehead atoms. The van der Waals surface area contributed by atoms with Gasteiger partial charge in [0.05, 0.1) is 5.69 Å². The van der Waals surface area contributed by atoms with Crippen LogP contribution in [0.2, 0.25) is 0 Å². The predicted octanol–water partition coefficient (Wildman–Crippen LogP) is 5.09. The lowest BCUT2D eigenvalue weighted by atomic mass is 10.0. The number of nitrogens with zero attached hydrogens (tertiary/aromatic N) is 1. The summed E-state index contributed by atoms with van der Waals surface area (Å²) < 4.78 is 0. The fourth-order valence-electron chi connectivity index (χ4n) is 2.20. The Morgan fingerprint density at radius 2 is 1.79 bits per heavy atom. The molecule has 100 valence electrons. The topological polar surface area (TPSA) is 12.9 Å². The van der Waals surface area contributed by atoms with Crippen molar-refractivity contribution >= 4 is 11.6 Å². The molecule has 19 heavy (non-hydrogen) atoms. The van der Waals surface area contributed by atoms with Gasteiger partial charge in [0.15, 0.2) is 0 Å². The number of alkyl halides is 1. The molecular formula is C17H20ClN. The van der Waals surface area contributed by atoms with Crippen molar-refractivity contribution in [3.8, 4) is 11.3 Å². The zero-order valence-corrected chi connectivity index (χ0v) is 11.9. The lowest BCUT2D eigenvalue weighted by molar-refractivity contribution is 0.669. The number of aryl methyl sites for hydroxylation is 1. The van der Waals surface area contributed by atoms with Gasteiger partial charge in [-0.05, 0) is 43.0 Å². The number of unbranched alkanes of at least 4 members (excludes halogenated alkanes) is 3. The van der Waals surface area contributed by atoms with E-state index in [2.05, 4.69) is 35.3 Å². The Balaban J connectivity index is 1.92. The molecule has 0 aliphatic carbocycles. The summed E-state index contributed by atoms with van der Waals surface area (Å²) in [7, 11) is 0. The number of aromatic nitrogens is 1. The molecule has 0 aliphatic heterocycles. The van der Waals surface area contributed by atoms with Gasteiger partial charge in [-0.3, -0.25) is 4.98 Å². The Morgan fingerprint density at radius 3 is 2.58 bits per heavy atom. The standard InChI is InChI=1S/C17H20ClN/c18-12-5-2-1-3-8-15-9-7-10-16(14-15)17-11-4-6-13-19-17/h4,6-7,9-11,13-14H,1-3,5,8,12H2. The number of hydrogen-bond acceptors (Lipinski definition) is 1. The zero-order valence-electron chi connectivity index (χ0n) is 11.2. The molecule has 0 saturated carbocycles. The molecule has 1 heterocycles. The van der Waals surface area contributed by atoms with E-state index in [1.54, 1.807) is 0 Å². The molecule has 0 unspecified atom stereocenters. The van der Waals surface area contributed by atoms with E-state index in [0.29, 0.717) is 0 Å². The summed E-state index contributed by atoms with van der Waals surface area (Å²) >= 11 is 5.68. The Morgan fingerprint density at radius 1 is 0.895 bits per heavy atom. The van der Waals surface area contributed by atoms with Crippen LogP contribution in [-0.4, -0.2) is 10.9 Å². The first-order chi connectivity index (χ1) is 9.40. The van der Waals surface area contributed by atoms with Crippen LogP contribution >= 0.6 is 11.6 Å². The molecular weight excluding hydrogens is 254 g/mol. The fourth-order valence-corrected chi connectivity index (χ4v) is 2.39. The third-order valence-corrected chi connectivity index (χ3v) is 3.50. The summed E-state index contributed by atoms with van der Waals surface area (Å²) in [6.45, 7) is 0. The fraction of sp³-hybridized carbons (Fsp3) is 0.353. The molecule has 0 amide bonds. The Labute approximate surface area is 120 Å². The zero-order chi connectivity index (χ0) is 13.3. The highest BCUT2D eigenvalue weighted by atomic mass is 35.5. The maximum atomic E-state index is 5.68. The highest BCUT2D eigenvalue weighted by Crippen LogP contribution is 2.19. The molecule has 0 radical (unpaired) electrons. The van der Waals surface area contributed by atoms with Crippen molar-refractivity contribution < 1.29 is 0 Å². The van der Waals surface area contributed by atoms with Crippen LogP contribution in [0.3, 0.4) is 0 Å². The first kappa shape index (κ1) is 14.1. The number of pyridine rings is 1. The van der Waals surface area contributed by atoms with Crippen LogP contribution in [0.25, 0.3) is 11.3 Å². The normalized spacial score (nSPS) is 10.6. The van der Waals surface area contributed by atoms with Gasteiger partial charge in [0.1, 0.15) is 0 Å². The minimum absolute atomic E-state index is 0.787. The van der Waals surface area contributed by atoms with Gasteiger partial charge in [-0.25, -0.2) is 0 Å². The van der Waals surface area contributed by atoms with Gasteiger partial charge in [-0.15, -0.1) is 11.6 Å². The van der Waals surface area contributed by atoms with Gasteiger partial charge < -0.3 is 0 Å². The van der Waals surface area contributed by atoms with Crippen LogP contribution in [0, 0.1) is 0 Å². The van der Waals surface area contributed by atoms with E-state index in [0.717, 1.165) is 24.4 Å². The summed E-state index contributed by atoms with van der Waals surface area (Å²) in [5.74, 6) is 0.787. The molecule has 0 N–H and O–H groups in total. The molecule has 1 aromatic heterocycles. The third-order valence-electron chi connectivity index (χ3n) is 3.24. The first-order valence-corrected chi connectivity index (χ1v) is 7.50. The van der Waals surface area contributed by atoms with Crippen molar-refractivity contribution in [1.29, 1.82) is 0 Å². The number of rotatable bonds is 7. The summed E-state index contributed by atoms with van der Waals surface area (Å²) in [5, 5.41) is 0. The van der Waals surface area contributed by atoms with Gasteiger partial charge in [0, 0.05) is 17.6 Å². The van der Waals surface area contributed by atoms with Gasteiger partial charge in [-0.1, -0.05) is 37.1 Å². The van der Waals surface area contributed by atoms with Crippen LogP contribution in [-0.2, 0) is 6.42 Å². The molecule has 0 saturated heterocycles. The molecule has 1 nitrogen and oxygen atoms in total. The van der Waals surface area contributed by atoms with Gasteiger partial charge >= 0.3 is 0 Å². The summed E-state index contributed by atoms with van der Waals surface area (Å²) in [5.41, 5.74) is 3.65. The minimum atomic E-state index is 0.787. The number of hydrogen-bond donors (Lipinski definition) is 0. The predicted molar refractivity (Wildman–Crippen MR) is 82.6 cm³/mol. The Bertz CT molecular complexity index is 482. The molecule has 2 heteroatoms. The molecule has 0 spiro atoms. The first-order valence-electron chi connectivity index (χ1n) is 6.96. The van der Waals surface area contributed by atoms with Crippen molar-refractivity contribution in [3.63, 3.8) is 0 Å². The second-order valence-electron chi connectivity index (χ2n) is 4.77. The van der Waals surface area contributed by atoms with E-state index >= 15 is 0 Å². The van der Waals surface area contributed by atoms with Gasteiger partial charge in [-0.2, -0.15) is 0 Å². The largest absolute Gasteiger partial charge is 0.256 e. The summed E-state index contributed by atoms with van der Waals surface area (Å²) in [6.07, 6.45) is 7.86. The molecule has 1 aromatic carbocycles. The number of benzene rings is 1. The van der Waals surface area contributed by atoms with E-state index in [4.69, 9.17) is 11.6 Å². The molecule has 2 rings (SSSR count). The summed E-state index contributed by atoms with van der Waals surface area (Å²) in [6, 6.07) is 14.7. The molecule has 0 fully saturated rings. The molecule has 2 aromatic rings. The lowest BCUT2D eigenvalue weighted by Gasteiger charge is -2.05. The average molecular weight is 274 g/mol. The Kier molecular flexibility index (Phi) is 5.90. The van der Waals surface area contributed by atoms with Crippen molar-refractivity contribution in [2.45, 2.75) is 32.1 Å². The molecule has 0 atom stereocenters. The highest BCUT2D eigenvalue weighted by Gasteiger charge is 2.00. The number of halogens is 1. The van der Waals surface area contributed by atoms with Crippen LogP contribution in [0.4, 0.5) is 0 Å². The van der Waals surface area contributed by atoms with Crippen molar-refractivity contribution in [2.24, 2.45) is 0 Å². The second kappa shape index (κ2) is 7.96. The Hall–Kier alpha value is -1.34. The van der Waals surface area contributed by atoms with E-state index in [9.17, 15) is 0 Å². The smallest absolute Gasteiger partial charge is 0.0702 e. The van der Waals surface area contributed by atoms with Crippen molar-refractivity contribution in [1.82, 2.24) is 4.98 Å². The van der Waals surface area contributed by atoms with Crippen LogP contribution in [0.5, 0.6) is 0 Å². The van der Waals surface area contributed by atoms with Crippen LogP contribution in [0.15, 0.2) is 48.7 Å². The van der Waals surface area contributed by atoms with E-state index in [1.807, 2.05) is 18.3 Å².